The Morgan fingerprint density at radius 3 is 2.50 bits per heavy atom. The molecule has 0 aliphatic heterocycles. The maximum absolute atomic E-state index is 12.6. The zero-order chi connectivity index (χ0) is 18.8. The topological polar surface area (TPSA) is 106 Å². The van der Waals surface area contributed by atoms with Crippen LogP contribution in [0.4, 0.5) is 0 Å². The fourth-order valence-electron chi connectivity index (χ4n) is 2.37. The van der Waals surface area contributed by atoms with Gasteiger partial charge in [0.2, 0.25) is 0 Å². The maximum atomic E-state index is 12.6. The minimum Gasteiger partial charge on any atom is -0.507 e. The molecule has 26 heavy (non-hydrogen) atoms. The van der Waals surface area contributed by atoms with Crippen molar-refractivity contribution in [3.05, 3.63) is 61.2 Å². The summed E-state index contributed by atoms with van der Waals surface area (Å²) in [5, 5.41) is 13.7. The van der Waals surface area contributed by atoms with E-state index in [9.17, 15) is 14.7 Å². The van der Waals surface area contributed by atoms with Gasteiger partial charge >= 0.3 is 5.69 Å². The van der Waals surface area contributed by atoms with Crippen molar-refractivity contribution >= 4 is 33.0 Å². The van der Waals surface area contributed by atoms with E-state index < -0.39 is 11.2 Å². The van der Waals surface area contributed by atoms with Crippen LogP contribution in [0.2, 0.25) is 0 Å². The van der Waals surface area contributed by atoms with Gasteiger partial charge in [0, 0.05) is 6.07 Å². The number of hydrogen-bond acceptors (Lipinski definition) is 6. The second-order valence-corrected chi connectivity index (χ2v) is 6.11. The fraction of sp³-hybridized carbons (Fsp3) is 0.118. The summed E-state index contributed by atoms with van der Waals surface area (Å²) in [7, 11) is 2.91. The summed E-state index contributed by atoms with van der Waals surface area (Å²) < 4.78 is 11.5. The first kappa shape index (κ1) is 17.7. The molecule has 0 radical (unpaired) electrons. The number of halogens is 1. The number of aromatic hydroxyl groups is 1. The predicted molar refractivity (Wildman–Crippen MR) is 101 cm³/mol. The Hall–Kier alpha value is -3.07. The zero-order valence-corrected chi connectivity index (χ0v) is 15.4. The molecule has 0 saturated heterocycles. The van der Waals surface area contributed by atoms with Crippen LogP contribution in [0, 0.1) is 0 Å². The number of rotatable bonds is 4. The quantitative estimate of drug-likeness (QED) is 0.629. The number of ether oxygens (including phenoxy) is 2. The molecule has 9 heteroatoms. The SMILES string of the molecule is COc1cc2[nH]c(=O)n(/N=C/c3ccc(O)c(Br)c3)c(=O)c2cc1OC. The highest BCUT2D eigenvalue weighted by atomic mass is 79.9. The van der Waals surface area contributed by atoms with E-state index in [4.69, 9.17) is 9.47 Å². The van der Waals surface area contributed by atoms with E-state index in [1.807, 2.05) is 0 Å². The molecule has 0 fully saturated rings. The molecule has 3 aromatic rings. The number of methoxy groups -OCH3 is 2. The second-order valence-electron chi connectivity index (χ2n) is 5.26. The van der Waals surface area contributed by atoms with Crippen molar-refractivity contribution in [2.75, 3.05) is 14.2 Å². The Balaban J connectivity index is 2.14. The lowest BCUT2D eigenvalue weighted by Gasteiger charge is -2.09. The molecule has 0 aliphatic carbocycles. The molecular weight excluding hydrogens is 406 g/mol. The summed E-state index contributed by atoms with van der Waals surface area (Å²) in [6.07, 6.45) is 1.34. The van der Waals surface area contributed by atoms with Crippen LogP contribution in [0.25, 0.3) is 10.9 Å². The van der Waals surface area contributed by atoms with Gasteiger partial charge in [-0.25, -0.2) is 4.79 Å². The number of benzene rings is 2. The molecule has 0 aliphatic rings. The van der Waals surface area contributed by atoms with Crippen LogP contribution in [0.15, 0.2) is 49.5 Å². The van der Waals surface area contributed by atoms with E-state index in [0.29, 0.717) is 27.1 Å². The van der Waals surface area contributed by atoms with Gasteiger partial charge in [0.05, 0.1) is 35.8 Å². The highest BCUT2D eigenvalue weighted by Gasteiger charge is 2.12. The molecule has 0 bridgehead atoms. The summed E-state index contributed by atoms with van der Waals surface area (Å²) in [6.45, 7) is 0. The lowest BCUT2D eigenvalue weighted by molar-refractivity contribution is 0.355. The van der Waals surface area contributed by atoms with Crippen LogP contribution in [0.1, 0.15) is 5.56 Å². The fourth-order valence-corrected chi connectivity index (χ4v) is 2.76. The summed E-state index contributed by atoms with van der Waals surface area (Å²) in [6, 6.07) is 7.67. The van der Waals surface area contributed by atoms with Gasteiger partial charge in [-0.1, -0.05) is 0 Å². The number of H-pyrrole nitrogens is 1. The van der Waals surface area contributed by atoms with Gasteiger partial charge < -0.3 is 19.6 Å². The van der Waals surface area contributed by atoms with Crippen molar-refractivity contribution in [2.24, 2.45) is 5.10 Å². The highest BCUT2D eigenvalue weighted by Crippen LogP contribution is 2.29. The molecule has 3 rings (SSSR count). The van der Waals surface area contributed by atoms with Gasteiger partial charge in [0.1, 0.15) is 5.75 Å². The summed E-state index contributed by atoms with van der Waals surface area (Å²) in [5.41, 5.74) is -0.382. The average molecular weight is 420 g/mol. The Kier molecular flexibility index (Phi) is 4.81. The van der Waals surface area contributed by atoms with Crippen molar-refractivity contribution in [1.82, 2.24) is 9.66 Å². The van der Waals surface area contributed by atoms with Gasteiger partial charge in [-0.3, -0.25) is 4.79 Å². The van der Waals surface area contributed by atoms with Crippen molar-refractivity contribution < 1.29 is 14.6 Å². The van der Waals surface area contributed by atoms with Gasteiger partial charge in [-0.15, -0.1) is 4.68 Å². The van der Waals surface area contributed by atoms with Gasteiger partial charge in [0.15, 0.2) is 11.5 Å². The molecule has 134 valence electrons. The Labute approximate surface area is 155 Å². The van der Waals surface area contributed by atoms with E-state index in [0.717, 1.165) is 4.68 Å². The number of hydrogen-bond donors (Lipinski definition) is 2. The van der Waals surface area contributed by atoms with E-state index in [1.54, 1.807) is 12.1 Å². The number of aromatic amines is 1. The van der Waals surface area contributed by atoms with Crippen molar-refractivity contribution in [1.29, 1.82) is 0 Å². The van der Waals surface area contributed by atoms with Crippen LogP contribution in [0.5, 0.6) is 17.2 Å². The summed E-state index contributed by atoms with van der Waals surface area (Å²) in [4.78, 5) is 27.5. The predicted octanol–water partition coefficient (Wildman–Crippen LogP) is 2.06. The average Bonchev–Trinajstić information content (AvgIpc) is 2.63. The Bertz CT molecular complexity index is 1130. The Morgan fingerprint density at radius 1 is 1.15 bits per heavy atom. The minimum absolute atomic E-state index is 0.0731. The number of fused-ring (bicyclic) bond motifs is 1. The van der Waals surface area contributed by atoms with Crippen LogP contribution < -0.4 is 20.7 Å². The highest BCUT2D eigenvalue weighted by molar-refractivity contribution is 9.10. The smallest absolute Gasteiger partial charge is 0.349 e. The molecule has 0 atom stereocenters. The first-order valence-electron chi connectivity index (χ1n) is 7.38. The normalized spacial score (nSPS) is 11.2. The van der Waals surface area contributed by atoms with E-state index in [-0.39, 0.29) is 11.1 Å². The number of nitrogens with one attached hydrogen (secondary N) is 1. The van der Waals surface area contributed by atoms with Gasteiger partial charge in [-0.2, -0.15) is 5.10 Å². The van der Waals surface area contributed by atoms with Crippen molar-refractivity contribution in [3.63, 3.8) is 0 Å². The maximum Gasteiger partial charge on any atom is 0.349 e. The first-order valence-corrected chi connectivity index (χ1v) is 8.18. The van der Waals surface area contributed by atoms with Crippen molar-refractivity contribution in [2.45, 2.75) is 0 Å². The molecule has 0 unspecified atom stereocenters. The lowest BCUT2D eigenvalue weighted by atomic mass is 10.2. The van der Waals surface area contributed by atoms with Gasteiger partial charge in [0.25, 0.3) is 5.56 Å². The molecule has 1 aromatic heterocycles. The largest absolute Gasteiger partial charge is 0.507 e. The van der Waals surface area contributed by atoms with Crippen LogP contribution >= 0.6 is 15.9 Å². The van der Waals surface area contributed by atoms with E-state index >= 15 is 0 Å². The molecule has 2 aromatic carbocycles. The standard InChI is InChI=1S/C17H14BrN3O5/c1-25-14-6-10-12(7-15(14)26-2)20-17(24)21(16(10)23)19-8-9-3-4-13(22)11(18)5-9/h3-8,22H,1-2H3,(H,20,24)/b19-8+. The Morgan fingerprint density at radius 2 is 1.85 bits per heavy atom. The first-order chi connectivity index (χ1) is 12.4. The summed E-state index contributed by atoms with van der Waals surface area (Å²) in [5.74, 6) is 0.830. The molecule has 0 spiro atoms. The van der Waals surface area contributed by atoms with Crippen molar-refractivity contribution in [3.8, 4) is 17.2 Å². The number of aromatic nitrogens is 2. The van der Waals surface area contributed by atoms with E-state index in [1.165, 1.54) is 38.6 Å². The number of phenols is 1. The van der Waals surface area contributed by atoms with Crippen LogP contribution in [0.3, 0.4) is 0 Å². The minimum atomic E-state index is -0.691. The van der Waals surface area contributed by atoms with Gasteiger partial charge in [-0.05, 0) is 45.8 Å². The molecule has 0 amide bonds. The van der Waals surface area contributed by atoms with E-state index in [2.05, 4.69) is 26.0 Å². The molecule has 1 heterocycles. The molecule has 0 saturated carbocycles. The van der Waals surface area contributed by atoms with Crippen LogP contribution in [-0.2, 0) is 0 Å². The summed E-state index contributed by atoms with van der Waals surface area (Å²) >= 11 is 3.19. The molecule has 8 nitrogen and oxygen atoms in total. The zero-order valence-electron chi connectivity index (χ0n) is 13.8. The van der Waals surface area contributed by atoms with Crippen LogP contribution in [-0.4, -0.2) is 35.2 Å². The second kappa shape index (κ2) is 7.04. The third-order valence-electron chi connectivity index (χ3n) is 3.67. The number of phenolic OH excluding ortho intramolecular Hbond substituents is 1. The number of nitrogens with zero attached hydrogens (tertiary/aromatic N) is 2. The lowest BCUT2D eigenvalue weighted by Crippen LogP contribution is -2.32. The third kappa shape index (κ3) is 3.21. The third-order valence-corrected chi connectivity index (χ3v) is 4.31. The monoisotopic (exact) mass is 419 g/mol. The molecule has 2 N–H and O–H groups in total. The molecular formula is C17H14BrN3O5.